The third-order valence-electron chi connectivity index (χ3n) is 1.83. The van der Waals surface area contributed by atoms with Crippen LogP contribution in [0.4, 0.5) is 4.39 Å². The molecule has 1 aromatic carbocycles. The van der Waals surface area contributed by atoms with E-state index in [0.717, 1.165) is 12.1 Å². The van der Waals surface area contributed by atoms with Crippen molar-refractivity contribution in [3.63, 3.8) is 0 Å². The Labute approximate surface area is 91.9 Å². The summed E-state index contributed by atoms with van der Waals surface area (Å²) in [5.74, 6) is -0.923. The van der Waals surface area contributed by atoms with Gasteiger partial charge in [0.15, 0.2) is 0 Å². The number of carbonyl (C=O) groups excluding carboxylic acids is 1. The highest BCUT2D eigenvalue weighted by atomic mass is 35.5. The fraction of sp³-hybridized carbons (Fsp3) is 0.300. The number of aliphatic hydroxyl groups is 1. The molecule has 2 N–H and O–H groups in total. The van der Waals surface area contributed by atoms with Crippen molar-refractivity contribution in [2.75, 3.05) is 6.61 Å². The van der Waals surface area contributed by atoms with Crippen molar-refractivity contribution >= 4 is 17.5 Å². The molecule has 0 heterocycles. The number of halogens is 2. The van der Waals surface area contributed by atoms with Gasteiger partial charge in [-0.15, -0.1) is 0 Å². The Balaban J connectivity index is 2.82. The van der Waals surface area contributed by atoms with E-state index >= 15 is 0 Å². The summed E-state index contributed by atoms with van der Waals surface area (Å²) in [5.41, 5.74) is 0.193. The van der Waals surface area contributed by atoms with Gasteiger partial charge in [-0.05, 0) is 25.1 Å². The van der Waals surface area contributed by atoms with E-state index in [2.05, 4.69) is 5.32 Å². The lowest BCUT2D eigenvalue weighted by molar-refractivity contribution is 0.0922. The second kappa shape index (κ2) is 5.09. The van der Waals surface area contributed by atoms with Crippen LogP contribution in [0.2, 0.25) is 5.02 Å². The molecule has 1 atom stereocenters. The molecule has 0 spiro atoms. The quantitative estimate of drug-likeness (QED) is 0.830. The van der Waals surface area contributed by atoms with Crippen molar-refractivity contribution in [2.45, 2.75) is 13.0 Å². The van der Waals surface area contributed by atoms with Gasteiger partial charge in [-0.1, -0.05) is 11.6 Å². The minimum Gasteiger partial charge on any atom is -0.394 e. The van der Waals surface area contributed by atoms with Crippen molar-refractivity contribution in [2.24, 2.45) is 0 Å². The monoisotopic (exact) mass is 231 g/mol. The number of amides is 1. The third-order valence-corrected chi connectivity index (χ3v) is 2.14. The summed E-state index contributed by atoms with van der Waals surface area (Å²) >= 11 is 5.69. The average molecular weight is 232 g/mol. The minimum absolute atomic E-state index is 0.0534. The summed E-state index contributed by atoms with van der Waals surface area (Å²) in [6, 6.07) is 3.17. The molecule has 0 aromatic heterocycles. The van der Waals surface area contributed by atoms with Gasteiger partial charge in [0.2, 0.25) is 0 Å². The number of benzene rings is 1. The Morgan fingerprint density at radius 2 is 2.33 bits per heavy atom. The van der Waals surface area contributed by atoms with Crippen molar-refractivity contribution < 1.29 is 14.3 Å². The highest BCUT2D eigenvalue weighted by molar-refractivity contribution is 6.33. The van der Waals surface area contributed by atoms with Crippen LogP contribution in [0.25, 0.3) is 0 Å². The molecule has 0 aliphatic carbocycles. The van der Waals surface area contributed by atoms with Crippen molar-refractivity contribution in [3.05, 3.63) is 34.6 Å². The van der Waals surface area contributed by atoms with Gasteiger partial charge in [0, 0.05) is 6.04 Å². The molecule has 0 aliphatic rings. The van der Waals surface area contributed by atoms with E-state index in [1.54, 1.807) is 6.92 Å². The molecule has 1 amide bonds. The van der Waals surface area contributed by atoms with Gasteiger partial charge in [0.1, 0.15) is 5.82 Å². The maximum atomic E-state index is 12.7. The van der Waals surface area contributed by atoms with Crippen molar-refractivity contribution in [1.29, 1.82) is 0 Å². The summed E-state index contributed by atoms with van der Waals surface area (Å²) in [7, 11) is 0. The Morgan fingerprint density at radius 1 is 1.67 bits per heavy atom. The lowest BCUT2D eigenvalue weighted by Crippen LogP contribution is -2.35. The SMILES string of the molecule is CC(CO)NC(=O)c1ccc(F)cc1Cl. The molecule has 0 aliphatic heterocycles. The number of nitrogens with one attached hydrogen (secondary N) is 1. The average Bonchev–Trinajstić information content (AvgIpc) is 2.17. The molecule has 15 heavy (non-hydrogen) atoms. The van der Waals surface area contributed by atoms with Gasteiger partial charge in [0.25, 0.3) is 5.91 Å². The second-order valence-electron chi connectivity index (χ2n) is 3.18. The van der Waals surface area contributed by atoms with Crippen LogP contribution in [0.1, 0.15) is 17.3 Å². The van der Waals surface area contributed by atoms with Crippen LogP contribution in [0.15, 0.2) is 18.2 Å². The van der Waals surface area contributed by atoms with E-state index in [1.165, 1.54) is 6.07 Å². The number of rotatable bonds is 3. The molecule has 1 aromatic rings. The fourth-order valence-electron chi connectivity index (χ4n) is 1.02. The van der Waals surface area contributed by atoms with E-state index in [4.69, 9.17) is 16.7 Å². The summed E-state index contributed by atoms with van der Waals surface area (Å²) < 4.78 is 12.7. The van der Waals surface area contributed by atoms with Crippen LogP contribution in [-0.2, 0) is 0 Å². The first-order valence-electron chi connectivity index (χ1n) is 4.41. The third kappa shape index (κ3) is 3.18. The number of aliphatic hydroxyl groups excluding tert-OH is 1. The first kappa shape index (κ1) is 11.9. The van der Waals surface area contributed by atoms with Crippen LogP contribution < -0.4 is 5.32 Å². The summed E-state index contributed by atoms with van der Waals surface area (Å²) in [5, 5.41) is 11.3. The van der Waals surface area contributed by atoms with Crippen LogP contribution in [0, 0.1) is 5.82 Å². The lowest BCUT2D eigenvalue weighted by atomic mass is 10.2. The van der Waals surface area contributed by atoms with Crippen LogP contribution in [-0.4, -0.2) is 23.7 Å². The first-order chi connectivity index (χ1) is 7.04. The zero-order valence-electron chi connectivity index (χ0n) is 8.13. The highest BCUT2D eigenvalue weighted by Crippen LogP contribution is 2.17. The normalized spacial score (nSPS) is 12.3. The fourth-order valence-corrected chi connectivity index (χ4v) is 1.27. The van der Waals surface area contributed by atoms with Gasteiger partial charge in [-0.3, -0.25) is 4.79 Å². The molecule has 0 bridgehead atoms. The molecule has 3 nitrogen and oxygen atoms in total. The number of carbonyl (C=O) groups is 1. The number of hydrogen-bond acceptors (Lipinski definition) is 2. The van der Waals surface area contributed by atoms with Crippen LogP contribution >= 0.6 is 11.6 Å². The maximum Gasteiger partial charge on any atom is 0.253 e. The molecular weight excluding hydrogens is 221 g/mol. The standard InChI is InChI=1S/C10H11ClFNO2/c1-6(5-14)13-10(15)8-3-2-7(12)4-9(8)11/h2-4,6,14H,5H2,1H3,(H,13,15). The topological polar surface area (TPSA) is 49.3 Å². The minimum atomic E-state index is -0.494. The van der Waals surface area contributed by atoms with Crippen molar-refractivity contribution in [3.8, 4) is 0 Å². The van der Waals surface area contributed by atoms with Crippen LogP contribution in [0.3, 0.4) is 0 Å². The van der Waals surface area contributed by atoms with Gasteiger partial charge < -0.3 is 10.4 Å². The smallest absolute Gasteiger partial charge is 0.253 e. The number of hydrogen-bond donors (Lipinski definition) is 2. The Hall–Kier alpha value is -1.13. The van der Waals surface area contributed by atoms with Gasteiger partial charge in [0.05, 0.1) is 17.2 Å². The second-order valence-corrected chi connectivity index (χ2v) is 3.59. The summed E-state index contributed by atoms with van der Waals surface area (Å²) in [4.78, 5) is 11.5. The predicted molar refractivity (Wildman–Crippen MR) is 55.4 cm³/mol. The highest BCUT2D eigenvalue weighted by Gasteiger charge is 2.12. The largest absolute Gasteiger partial charge is 0.394 e. The van der Waals surface area contributed by atoms with Gasteiger partial charge in [-0.25, -0.2) is 4.39 Å². The van der Waals surface area contributed by atoms with E-state index in [-0.39, 0.29) is 23.2 Å². The Bertz CT molecular complexity index is 370. The zero-order chi connectivity index (χ0) is 11.4. The Morgan fingerprint density at radius 3 is 2.87 bits per heavy atom. The molecule has 0 saturated carbocycles. The molecular formula is C10H11ClFNO2. The molecule has 5 heteroatoms. The maximum absolute atomic E-state index is 12.7. The molecule has 0 fully saturated rings. The molecule has 1 rings (SSSR count). The Kier molecular flexibility index (Phi) is 4.05. The molecule has 0 saturated heterocycles. The zero-order valence-corrected chi connectivity index (χ0v) is 8.88. The van der Waals surface area contributed by atoms with Gasteiger partial charge >= 0.3 is 0 Å². The van der Waals surface area contributed by atoms with Gasteiger partial charge in [-0.2, -0.15) is 0 Å². The summed E-state index contributed by atoms with van der Waals surface area (Å²) in [6.45, 7) is 1.49. The van der Waals surface area contributed by atoms with Crippen LogP contribution in [0.5, 0.6) is 0 Å². The molecule has 0 radical (unpaired) electrons. The predicted octanol–water partition coefficient (Wildman–Crippen LogP) is 1.59. The van der Waals surface area contributed by atoms with Crippen molar-refractivity contribution in [1.82, 2.24) is 5.32 Å². The van der Waals surface area contributed by atoms with E-state index in [1.807, 2.05) is 0 Å². The van der Waals surface area contributed by atoms with E-state index < -0.39 is 11.7 Å². The molecule has 1 unspecified atom stereocenters. The van der Waals surface area contributed by atoms with E-state index in [0.29, 0.717) is 0 Å². The lowest BCUT2D eigenvalue weighted by Gasteiger charge is -2.11. The first-order valence-corrected chi connectivity index (χ1v) is 4.79. The summed E-state index contributed by atoms with van der Waals surface area (Å²) in [6.07, 6.45) is 0. The van der Waals surface area contributed by atoms with E-state index in [9.17, 15) is 9.18 Å². The molecule has 82 valence electrons.